The van der Waals surface area contributed by atoms with Gasteiger partial charge in [0.25, 0.3) is 0 Å². The molecule has 0 N–H and O–H groups in total. The number of anilines is 1. The van der Waals surface area contributed by atoms with Crippen LogP contribution in [-0.4, -0.2) is 32.9 Å². The molecule has 1 saturated carbocycles. The van der Waals surface area contributed by atoms with Crippen molar-refractivity contribution in [1.82, 2.24) is 19.8 Å². The van der Waals surface area contributed by atoms with Gasteiger partial charge in [-0.2, -0.15) is 9.61 Å². The second-order valence-corrected chi connectivity index (χ2v) is 8.25. The maximum absolute atomic E-state index is 4.72. The Hall–Kier alpha value is -2.43. The van der Waals surface area contributed by atoms with E-state index in [0.29, 0.717) is 11.3 Å². The number of aromatic nitrogens is 4. The number of rotatable bonds is 2. The molecule has 0 amide bonds. The van der Waals surface area contributed by atoms with Crippen LogP contribution >= 0.6 is 0 Å². The average Bonchev–Trinajstić information content (AvgIpc) is 3.34. The van der Waals surface area contributed by atoms with Crippen molar-refractivity contribution in [1.29, 1.82) is 0 Å². The van der Waals surface area contributed by atoms with Crippen molar-refractivity contribution in [2.75, 3.05) is 18.0 Å². The minimum Gasteiger partial charge on any atom is -0.368 e. The van der Waals surface area contributed by atoms with Gasteiger partial charge in [-0.15, -0.1) is 10.2 Å². The quantitative estimate of drug-likeness (QED) is 0.713. The number of aryl methyl sites for hydroxylation is 1. The summed E-state index contributed by atoms with van der Waals surface area (Å²) in [6.07, 6.45) is 9.27. The van der Waals surface area contributed by atoms with Gasteiger partial charge in [0.1, 0.15) is 6.33 Å². The van der Waals surface area contributed by atoms with E-state index in [4.69, 9.17) is 5.10 Å². The summed E-state index contributed by atoms with van der Waals surface area (Å²) in [4.78, 5) is 2.52. The van der Waals surface area contributed by atoms with Gasteiger partial charge in [0.05, 0.1) is 11.4 Å². The van der Waals surface area contributed by atoms with E-state index in [1.54, 1.807) is 17.5 Å². The topological polar surface area (TPSA) is 46.3 Å². The first kappa shape index (κ1) is 14.7. The summed E-state index contributed by atoms with van der Waals surface area (Å²) in [5, 5.41) is 13.2. The van der Waals surface area contributed by atoms with Crippen molar-refractivity contribution in [3.8, 4) is 0 Å². The summed E-state index contributed by atoms with van der Waals surface area (Å²) in [5.41, 5.74) is 6.90. The minimum atomic E-state index is 0.392. The summed E-state index contributed by atoms with van der Waals surface area (Å²) in [5.74, 6) is 0.637. The smallest absolute Gasteiger partial charge is 0.200 e. The Bertz CT molecular complexity index is 979. The van der Waals surface area contributed by atoms with Crippen molar-refractivity contribution >= 4 is 11.3 Å². The molecule has 3 aromatic rings. The van der Waals surface area contributed by atoms with E-state index in [9.17, 15) is 0 Å². The Balaban J connectivity index is 1.33. The van der Waals surface area contributed by atoms with Crippen LogP contribution in [0, 0.1) is 0 Å². The molecule has 0 atom stereocenters. The first-order valence-corrected chi connectivity index (χ1v) is 9.87. The highest BCUT2D eigenvalue weighted by Crippen LogP contribution is 2.47. The number of nitrogens with zero attached hydrogens (tertiary/aromatic N) is 5. The van der Waals surface area contributed by atoms with Crippen molar-refractivity contribution in [2.24, 2.45) is 0 Å². The molecule has 6 rings (SSSR count). The van der Waals surface area contributed by atoms with Crippen molar-refractivity contribution in [2.45, 2.75) is 49.9 Å². The number of hydrogen-bond donors (Lipinski definition) is 0. The Morgan fingerprint density at radius 2 is 1.88 bits per heavy atom. The summed E-state index contributed by atoms with van der Waals surface area (Å²) in [7, 11) is 0. The maximum Gasteiger partial charge on any atom is 0.200 e. The zero-order valence-corrected chi connectivity index (χ0v) is 14.9. The molecule has 2 aromatic heterocycles. The number of fused-ring (bicyclic) bond motifs is 3. The molecule has 5 nitrogen and oxygen atoms in total. The molecule has 3 heterocycles. The first-order valence-electron chi connectivity index (χ1n) is 9.87. The molecule has 0 unspecified atom stereocenters. The SMILES string of the molecule is c1ccc2c(c1)CCC21CCN(c2cc(C3CC3)nn3cnnc23)CC1. The van der Waals surface area contributed by atoms with Gasteiger partial charge >= 0.3 is 0 Å². The van der Waals surface area contributed by atoms with Crippen molar-refractivity contribution in [3.63, 3.8) is 0 Å². The largest absolute Gasteiger partial charge is 0.368 e. The van der Waals surface area contributed by atoms with Crippen LogP contribution in [0.15, 0.2) is 36.7 Å². The lowest BCUT2D eigenvalue weighted by atomic mass is 9.74. The van der Waals surface area contributed by atoms with Crippen LogP contribution in [0.1, 0.15) is 54.8 Å². The minimum absolute atomic E-state index is 0.392. The van der Waals surface area contributed by atoms with Gasteiger partial charge in [-0.1, -0.05) is 24.3 Å². The lowest BCUT2D eigenvalue weighted by Crippen LogP contribution is -2.41. The monoisotopic (exact) mass is 345 g/mol. The van der Waals surface area contributed by atoms with E-state index in [1.165, 1.54) is 49.9 Å². The molecule has 26 heavy (non-hydrogen) atoms. The summed E-state index contributed by atoms with van der Waals surface area (Å²) >= 11 is 0. The second-order valence-electron chi connectivity index (χ2n) is 8.25. The Morgan fingerprint density at radius 1 is 1.04 bits per heavy atom. The molecular weight excluding hydrogens is 322 g/mol. The van der Waals surface area contributed by atoms with E-state index < -0.39 is 0 Å². The molecule has 2 fully saturated rings. The molecule has 2 aliphatic carbocycles. The molecule has 1 saturated heterocycles. The third-order valence-corrected chi connectivity index (χ3v) is 6.79. The molecule has 132 valence electrons. The van der Waals surface area contributed by atoms with Gasteiger partial charge in [-0.3, -0.25) is 0 Å². The van der Waals surface area contributed by atoms with Crippen molar-refractivity contribution < 1.29 is 0 Å². The zero-order chi connectivity index (χ0) is 17.1. The van der Waals surface area contributed by atoms with E-state index in [-0.39, 0.29) is 0 Å². The third kappa shape index (κ3) is 2.12. The molecule has 1 aliphatic heterocycles. The van der Waals surface area contributed by atoms with Gasteiger partial charge in [0.2, 0.25) is 5.65 Å². The predicted octanol–water partition coefficient (Wildman–Crippen LogP) is 3.49. The van der Waals surface area contributed by atoms with Gasteiger partial charge in [0.15, 0.2) is 0 Å². The fourth-order valence-electron chi connectivity index (χ4n) is 5.10. The molecule has 5 heteroatoms. The van der Waals surface area contributed by atoms with Crippen LogP contribution in [0.4, 0.5) is 5.69 Å². The van der Waals surface area contributed by atoms with Gasteiger partial charge in [-0.05, 0) is 61.1 Å². The van der Waals surface area contributed by atoms with E-state index in [1.807, 2.05) is 4.52 Å². The molecule has 1 aromatic carbocycles. The van der Waals surface area contributed by atoms with Crippen LogP contribution in [0.25, 0.3) is 5.65 Å². The summed E-state index contributed by atoms with van der Waals surface area (Å²) in [6.45, 7) is 2.18. The highest BCUT2D eigenvalue weighted by atomic mass is 15.4. The Kier molecular flexibility index (Phi) is 2.99. The highest BCUT2D eigenvalue weighted by molar-refractivity contribution is 5.69. The Labute approximate surface area is 153 Å². The Morgan fingerprint density at radius 3 is 2.73 bits per heavy atom. The van der Waals surface area contributed by atoms with Crippen LogP contribution in [0.5, 0.6) is 0 Å². The van der Waals surface area contributed by atoms with Gasteiger partial charge < -0.3 is 4.90 Å². The third-order valence-electron chi connectivity index (χ3n) is 6.79. The molecule has 0 bridgehead atoms. The highest BCUT2D eigenvalue weighted by Gasteiger charge is 2.41. The molecule has 1 spiro atoms. The molecular formula is C21H23N5. The average molecular weight is 345 g/mol. The fraction of sp³-hybridized carbons (Fsp3) is 0.476. The number of piperidine rings is 1. The second kappa shape index (κ2) is 5.29. The fourth-order valence-corrected chi connectivity index (χ4v) is 5.10. The molecule has 0 radical (unpaired) electrons. The maximum atomic E-state index is 4.72. The van der Waals surface area contributed by atoms with Gasteiger partial charge in [0, 0.05) is 19.0 Å². The van der Waals surface area contributed by atoms with E-state index in [2.05, 4.69) is 45.4 Å². The first-order chi connectivity index (χ1) is 12.8. The van der Waals surface area contributed by atoms with Crippen LogP contribution in [0.3, 0.4) is 0 Å². The van der Waals surface area contributed by atoms with Crippen LogP contribution in [0.2, 0.25) is 0 Å². The normalized spacial score (nSPS) is 21.5. The molecule has 3 aliphatic rings. The summed E-state index contributed by atoms with van der Waals surface area (Å²) in [6, 6.07) is 11.4. The van der Waals surface area contributed by atoms with E-state index >= 15 is 0 Å². The number of benzene rings is 1. The van der Waals surface area contributed by atoms with Crippen LogP contribution < -0.4 is 4.90 Å². The van der Waals surface area contributed by atoms with Crippen molar-refractivity contribution in [3.05, 3.63) is 53.5 Å². The number of hydrogen-bond acceptors (Lipinski definition) is 4. The predicted molar refractivity (Wildman–Crippen MR) is 101 cm³/mol. The standard InChI is InChI=1S/C21H23N5/c1-2-4-17-15(3-1)7-8-21(17)9-11-25(12-10-21)19-13-18(16-5-6-16)24-26-14-22-23-20(19)26/h1-4,13-14,16H,5-12H2. The van der Waals surface area contributed by atoms with E-state index in [0.717, 1.165) is 18.7 Å². The lowest BCUT2D eigenvalue weighted by molar-refractivity contribution is 0.330. The van der Waals surface area contributed by atoms with Crippen LogP contribution in [-0.2, 0) is 11.8 Å². The van der Waals surface area contributed by atoms with Gasteiger partial charge in [-0.25, -0.2) is 0 Å². The zero-order valence-electron chi connectivity index (χ0n) is 14.9. The lowest BCUT2D eigenvalue weighted by Gasteiger charge is -2.41. The summed E-state index contributed by atoms with van der Waals surface area (Å²) < 4.78 is 1.87.